The van der Waals surface area contributed by atoms with Crippen LogP contribution in [-0.2, 0) is 5.41 Å². The fourth-order valence-corrected chi connectivity index (χ4v) is 16.2. The molecule has 3 aromatic heterocycles. The highest BCUT2D eigenvalue weighted by Gasteiger charge is 2.36. The summed E-state index contributed by atoms with van der Waals surface area (Å²) in [6.45, 7) is 4.71. The molecule has 0 N–H and O–H groups in total. The third kappa shape index (κ3) is 10.3. The van der Waals surface area contributed by atoms with Crippen molar-refractivity contribution >= 4 is 99.9 Å². The van der Waals surface area contributed by atoms with Gasteiger partial charge in [0.1, 0.15) is 33.5 Å². The standard InChI is InChI=1S/C99H66N2O3/c1-99(2)90-30-15-12-27-79(90)80-52-42-73(57-91(80)99)84-59-88-82-29-14-17-32-94(82)103-97(88)61-85(84)69-39-50-75(51-40-69)100(74-44-33-66(34-45-74)63-19-6-3-7-20-63)78-26-18-25-70(55-78)71-41-53-83-89-60-86(72-43-54-95-87(56-72)81-28-13-16-31-93(81)102-95)92(62-98(89)104-96(83)58-71)101(76-46-35-67(36-47-76)64-21-8-4-9-22-64)77-48-37-68(38-49-77)65-23-10-5-11-24-65/h3-62H,1-2H3. The van der Waals surface area contributed by atoms with Gasteiger partial charge in [-0.1, -0.05) is 250 Å². The third-order valence-corrected chi connectivity index (χ3v) is 21.5. The number of benzene rings is 16. The summed E-state index contributed by atoms with van der Waals surface area (Å²) < 4.78 is 20.3. The Kier molecular flexibility index (Phi) is 14.2. The van der Waals surface area contributed by atoms with E-state index in [2.05, 4.69) is 369 Å². The first kappa shape index (κ1) is 60.5. The van der Waals surface area contributed by atoms with Crippen LogP contribution < -0.4 is 9.80 Å². The van der Waals surface area contributed by atoms with Gasteiger partial charge in [-0.3, -0.25) is 0 Å². The summed E-state index contributed by atoms with van der Waals surface area (Å²) in [7, 11) is 0. The van der Waals surface area contributed by atoms with Gasteiger partial charge in [0.05, 0.1) is 5.69 Å². The molecule has 0 unspecified atom stereocenters. The first-order valence-electron chi connectivity index (χ1n) is 35.7. The molecule has 5 heteroatoms. The first-order chi connectivity index (χ1) is 51.3. The highest BCUT2D eigenvalue weighted by atomic mass is 16.3. The van der Waals surface area contributed by atoms with Crippen LogP contribution in [0.4, 0.5) is 34.1 Å². The van der Waals surface area contributed by atoms with Gasteiger partial charge in [-0.25, -0.2) is 0 Å². The van der Waals surface area contributed by atoms with E-state index in [1.54, 1.807) is 0 Å². The second kappa shape index (κ2) is 24.4. The molecule has 1 aliphatic carbocycles. The van der Waals surface area contributed by atoms with Crippen LogP contribution in [0, 0.1) is 0 Å². The molecule has 0 saturated carbocycles. The van der Waals surface area contributed by atoms with Gasteiger partial charge in [-0.15, -0.1) is 0 Å². The van der Waals surface area contributed by atoms with Gasteiger partial charge < -0.3 is 23.1 Å². The van der Waals surface area contributed by atoms with Crippen LogP contribution >= 0.6 is 0 Å². The second-order valence-electron chi connectivity index (χ2n) is 27.9. The van der Waals surface area contributed by atoms with Crippen molar-refractivity contribution in [3.8, 4) is 89.0 Å². The van der Waals surface area contributed by atoms with Crippen LogP contribution in [0.1, 0.15) is 25.0 Å². The Morgan fingerprint density at radius 2 is 0.587 bits per heavy atom. The van der Waals surface area contributed by atoms with E-state index >= 15 is 0 Å². The van der Waals surface area contributed by atoms with E-state index in [0.717, 1.165) is 167 Å². The molecule has 0 atom stereocenters. The molecule has 0 amide bonds. The summed E-state index contributed by atoms with van der Waals surface area (Å²) in [5.41, 5.74) is 32.0. The minimum Gasteiger partial charge on any atom is -0.456 e. The lowest BCUT2D eigenvalue weighted by Gasteiger charge is -2.28. The molecular weight excluding hydrogens is 1270 g/mol. The van der Waals surface area contributed by atoms with Crippen molar-refractivity contribution in [2.24, 2.45) is 0 Å². The molecule has 0 aliphatic heterocycles. The summed E-state index contributed by atoms with van der Waals surface area (Å²) in [6.07, 6.45) is 0. The number of rotatable bonds is 13. The highest BCUT2D eigenvalue weighted by molar-refractivity contribution is 6.13. The van der Waals surface area contributed by atoms with Crippen molar-refractivity contribution < 1.29 is 13.3 Å². The van der Waals surface area contributed by atoms with Crippen molar-refractivity contribution in [1.29, 1.82) is 0 Å². The predicted octanol–water partition coefficient (Wildman–Crippen LogP) is 28.3. The van der Waals surface area contributed by atoms with Crippen molar-refractivity contribution in [3.63, 3.8) is 0 Å². The van der Waals surface area contributed by atoms with E-state index in [1.165, 1.54) is 33.4 Å². The van der Waals surface area contributed by atoms with Gasteiger partial charge in [0.15, 0.2) is 0 Å². The topological polar surface area (TPSA) is 45.9 Å². The maximum atomic E-state index is 7.21. The molecule has 0 spiro atoms. The van der Waals surface area contributed by atoms with E-state index in [9.17, 15) is 0 Å². The van der Waals surface area contributed by atoms with E-state index in [-0.39, 0.29) is 5.41 Å². The van der Waals surface area contributed by atoms with Gasteiger partial charge in [0, 0.05) is 77.8 Å². The Morgan fingerprint density at radius 3 is 1.20 bits per heavy atom. The SMILES string of the molecule is CC1(C)c2ccccc2-c2ccc(-c3cc4c(cc3-c3ccc(N(c5ccc(-c6ccccc6)cc5)c5cccc(-c6ccc7c(c6)oc6cc(N(c8ccc(-c9ccccc9)cc8)c8ccc(-c9ccccc9)cc8)c(-c8ccc9oc%10ccccc%10c9c8)cc67)c5)cc3)oc3ccccc34)cc21. The van der Waals surface area contributed by atoms with Crippen molar-refractivity contribution in [1.82, 2.24) is 0 Å². The highest BCUT2D eigenvalue weighted by Crippen LogP contribution is 2.52. The molecule has 1 aliphatic rings. The van der Waals surface area contributed by atoms with Gasteiger partial charge in [-0.05, 0) is 216 Å². The van der Waals surface area contributed by atoms with Crippen LogP contribution in [-0.4, -0.2) is 0 Å². The predicted molar refractivity (Wildman–Crippen MR) is 433 cm³/mol. The second-order valence-corrected chi connectivity index (χ2v) is 27.9. The molecule has 0 fully saturated rings. The molecule has 20 rings (SSSR count). The van der Waals surface area contributed by atoms with Crippen molar-refractivity contribution in [2.75, 3.05) is 9.80 Å². The Morgan fingerprint density at radius 1 is 0.192 bits per heavy atom. The number of fused-ring (bicyclic) bond motifs is 12. The lowest BCUT2D eigenvalue weighted by Crippen LogP contribution is -2.14. The minimum atomic E-state index is -0.153. The zero-order chi connectivity index (χ0) is 69.0. The molecule has 490 valence electrons. The normalized spacial score (nSPS) is 12.4. The zero-order valence-electron chi connectivity index (χ0n) is 57.3. The molecule has 0 bridgehead atoms. The summed E-state index contributed by atoms with van der Waals surface area (Å²) in [5, 5.41) is 6.40. The molecule has 19 aromatic rings. The van der Waals surface area contributed by atoms with Crippen LogP contribution in [0.2, 0.25) is 0 Å². The number of hydrogen-bond acceptors (Lipinski definition) is 5. The quantitative estimate of drug-likeness (QED) is 0.115. The van der Waals surface area contributed by atoms with Gasteiger partial charge in [0.2, 0.25) is 0 Å². The molecular formula is C99H66N2O3. The lowest BCUT2D eigenvalue weighted by atomic mass is 9.81. The largest absolute Gasteiger partial charge is 0.456 e. The molecule has 104 heavy (non-hydrogen) atoms. The number of para-hydroxylation sites is 2. The Hall–Kier alpha value is -13.5. The summed E-state index contributed by atoms with van der Waals surface area (Å²) in [6, 6.07) is 132. The average Bonchev–Trinajstić information content (AvgIpc) is 1.57. The van der Waals surface area contributed by atoms with Crippen LogP contribution in [0.5, 0.6) is 0 Å². The monoisotopic (exact) mass is 1330 g/mol. The van der Waals surface area contributed by atoms with E-state index in [4.69, 9.17) is 13.3 Å². The van der Waals surface area contributed by atoms with Gasteiger partial charge in [0.25, 0.3) is 0 Å². The molecule has 3 heterocycles. The van der Waals surface area contributed by atoms with E-state index in [0.29, 0.717) is 0 Å². The Balaban J connectivity index is 0.710. The van der Waals surface area contributed by atoms with Crippen LogP contribution in [0.15, 0.2) is 377 Å². The number of hydrogen-bond donors (Lipinski definition) is 0. The molecule has 0 radical (unpaired) electrons. The minimum absolute atomic E-state index is 0.153. The summed E-state index contributed by atoms with van der Waals surface area (Å²) >= 11 is 0. The lowest BCUT2D eigenvalue weighted by molar-refractivity contribution is 0.660. The Bertz CT molecular complexity index is 6440. The van der Waals surface area contributed by atoms with Gasteiger partial charge in [-0.2, -0.15) is 0 Å². The maximum absolute atomic E-state index is 7.21. The number of furan rings is 3. The fraction of sp³-hybridized carbons (Fsp3) is 0.0303. The van der Waals surface area contributed by atoms with Crippen LogP contribution in [0.3, 0.4) is 0 Å². The number of anilines is 6. The molecule has 16 aromatic carbocycles. The maximum Gasteiger partial charge on any atom is 0.137 e. The molecule has 5 nitrogen and oxygen atoms in total. The van der Waals surface area contributed by atoms with E-state index < -0.39 is 0 Å². The van der Waals surface area contributed by atoms with E-state index in [1.807, 2.05) is 18.2 Å². The average molecular weight is 1330 g/mol. The van der Waals surface area contributed by atoms with Crippen molar-refractivity contribution in [3.05, 3.63) is 375 Å². The van der Waals surface area contributed by atoms with Crippen LogP contribution in [0.25, 0.3) is 155 Å². The summed E-state index contributed by atoms with van der Waals surface area (Å²) in [5.74, 6) is 0. The van der Waals surface area contributed by atoms with Gasteiger partial charge >= 0.3 is 0 Å². The van der Waals surface area contributed by atoms with Crippen molar-refractivity contribution in [2.45, 2.75) is 19.3 Å². The first-order valence-corrected chi connectivity index (χ1v) is 35.7. The molecule has 0 saturated heterocycles. The zero-order valence-corrected chi connectivity index (χ0v) is 57.3. The summed E-state index contributed by atoms with van der Waals surface area (Å²) in [4.78, 5) is 4.75. The Labute approximate surface area is 602 Å². The third-order valence-electron chi connectivity index (χ3n) is 21.5. The smallest absolute Gasteiger partial charge is 0.137 e. The number of nitrogens with zero attached hydrogens (tertiary/aromatic N) is 2. The fourth-order valence-electron chi connectivity index (χ4n) is 16.2.